The highest BCUT2D eigenvalue weighted by atomic mass is 35.5. The van der Waals surface area contributed by atoms with Gasteiger partial charge in [0.15, 0.2) is 0 Å². The maximum atomic E-state index is 13.0. The van der Waals surface area contributed by atoms with Crippen LogP contribution in [0.25, 0.3) is 0 Å². The molecule has 30 heavy (non-hydrogen) atoms. The molecule has 0 saturated heterocycles. The highest BCUT2D eigenvalue weighted by Gasteiger charge is 2.25. The molecule has 0 aliphatic heterocycles. The summed E-state index contributed by atoms with van der Waals surface area (Å²) in [6.45, 7) is 6.68. The standard InChI is InChI=1S/C23H28Cl2N2O2S/c1-4-12-26-23(29)17(3)27(15-18-7-10-20(24)21(25)14-18)22(28)11-13-30-19-8-5-16(2)6-9-19/h5-10,14,17H,4,11-13,15H2,1-3H3,(H,26,29)/t17-/m1/s1. The van der Waals surface area contributed by atoms with E-state index in [9.17, 15) is 9.59 Å². The van der Waals surface area contributed by atoms with E-state index in [4.69, 9.17) is 23.2 Å². The van der Waals surface area contributed by atoms with Gasteiger partial charge in [-0.25, -0.2) is 0 Å². The number of amides is 2. The van der Waals surface area contributed by atoms with Crippen LogP contribution in [0, 0.1) is 6.92 Å². The average Bonchev–Trinajstić information content (AvgIpc) is 2.73. The van der Waals surface area contributed by atoms with Gasteiger partial charge >= 0.3 is 0 Å². The number of aryl methyl sites for hydroxylation is 1. The lowest BCUT2D eigenvalue weighted by Crippen LogP contribution is -2.47. The summed E-state index contributed by atoms with van der Waals surface area (Å²) < 4.78 is 0. The van der Waals surface area contributed by atoms with Crippen LogP contribution < -0.4 is 5.32 Å². The molecule has 2 aromatic rings. The Hall–Kier alpha value is -1.69. The molecule has 0 aliphatic rings. The Bertz CT molecular complexity index is 859. The van der Waals surface area contributed by atoms with E-state index in [1.807, 2.05) is 19.9 Å². The third kappa shape index (κ3) is 7.53. The first-order chi connectivity index (χ1) is 14.3. The van der Waals surface area contributed by atoms with Crippen LogP contribution in [0.15, 0.2) is 47.4 Å². The van der Waals surface area contributed by atoms with Gasteiger partial charge < -0.3 is 10.2 Å². The van der Waals surface area contributed by atoms with Crippen molar-refractivity contribution in [2.24, 2.45) is 0 Å². The van der Waals surface area contributed by atoms with Crippen molar-refractivity contribution in [1.82, 2.24) is 10.2 Å². The molecule has 0 unspecified atom stereocenters. The van der Waals surface area contributed by atoms with E-state index in [0.717, 1.165) is 16.9 Å². The SMILES string of the molecule is CCCNC(=O)[C@@H](C)N(Cc1ccc(Cl)c(Cl)c1)C(=O)CCSc1ccc(C)cc1. The molecule has 2 aromatic carbocycles. The predicted octanol–water partition coefficient (Wildman–Crippen LogP) is 5.73. The molecule has 0 fully saturated rings. The molecule has 0 heterocycles. The summed E-state index contributed by atoms with van der Waals surface area (Å²) in [6, 6.07) is 12.9. The Morgan fingerprint density at radius 1 is 1.10 bits per heavy atom. The number of carbonyl (C=O) groups is 2. The third-order valence-electron chi connectivity index (χ3n) is 4.66. The normalized spacial score (nSPS) is 11.8. The van der Waals surface area contributed by atoms with Gasteiger partial charge in [0.1, 0.15) is 6.04 Å². The maximum Gasteiger partial charge on any atom is 0.242 e. The Labute approximate surface area is 193 Å². The van der Waals surface area contributed by atoms with Crippen molar-refractivity contribution in [1.29, 1.82) is 0 Å². The first-order valence-electron chi connectivity index (χ1n) is 10.0. The fourth-order valence-corrected chi connectivity index (χ4v) is 4.01. The molecule has 0 radical (unpaired) electrons. The van der Waals surface area contributed by atoms with Gasteiger partial charge in [0, 0.05) is 30.2 Å². The van der Waals surface area contributed by atoms with Crippen LogP contribution >= 0.6 is 35.0 Å². The summed E-state index contributed by atoms with van der Waals surface area (Å²) in [5.74, 6) is 0.416. The molecule has 7 heteroatoms. The molecule has 4 nitrogen and oxygen atoms in total. The van der Waals surface area contributed by atoms with Gasteiger partial charge in [0.2, 0.25) is 11.8 Å². The largest absolute Gasteiger partial charge is 0.354 e. The molecular weight excluding hydrogens is 439 g/mol. The molecule has 2 rings (SSSR count). The van der Waals surface area contributed by atoms with Crippen molar-refractivity contribution >= 4 is 46.8 Å². The molecule has 1 atom stereocenters. The molecule has 162 valence electrons. The fraction of sp³-hybridized carbons (Fsp3) is 0.391. The van der Waals surface area contributed by atoms with E-state index in [1.165, 1.54) is 5.56 Å². The number of halogens is 2. The second-order valence-electron chi connectivity index (χ2n) is 7.15. The van der Waals surface area contributed by atoms with Crippen LogP contribution in [-0.2, 0) is 16.1 Å². The second kappa shape index (κ2) is 12.2. The van der Waals surface area contributed by atoms with Gasteiger partial charge in [-0.1, -0.05) is 53.9 Å². The minimum Gasteiger partial charge on any atom is -0.354 e. The minimum absolute atomic E-state index is 0.0696. The summed E-state index contributed by atoms with van der Waals surface area (Å²) in [5, 5.41) is 3.77. The van der Waals surface area contributed by atoms with E-state index < -0.39 is 6.04 Å². The third-order valence-corrected chi connectivity index (χ3v) is 6.41. The Morgan fingerprint density at radius 2 is 1.80 bits per heavy atom. The monoisotopic (exact) mass is 466 g/mol. The van der Waals surface area contributed by atoms with Gasteiger partial charge in [0.05, 0.1) is 10.0 Å². The molecule has 2 amide bonds. The van der Waals surface area contributed by atoms with Crippen molar-refractivity contribution in [3.8, 4) is 0 Å². The molecule has 0 bridgehead atoms. The zero-order valence-electron chi connectivity index (χ0n) is 17.6. The van der Waals surface area contributed by atoms with E-state index in [1.54, 1.807) is 35.7 Å². The lowest BCUT2D eigenvalue weighted by atomic mass is 10.1. The first kappa shape index (κ1) is 24.6. The quantitative estimate of drug-likeness (QED) is 0.454. The van der Waals surface area contributed by atoms with Gasteiger partial charge in [0.25, 0.3) is 0 Å². The molecule has 0 spiro atoms. The van der Waals surface area contributed by atoms with Crippen molar-refractivity contribution < 1.29 is 9.59 Å². The highest BCUT2D eigenvalue weighted by Crippen LogP contribution is 2.24. The second-order valence-corrected chi connectivity index (χ2v) is 9.13. The zero-order chi connectivity index (χ0) is 22.1. The van der Waals surface area contributed by atoms with Crippen molar-refractivity contribution in [2.45, 2.75) is 51.1 Å². The highest BCUT2D eigenvalue weighted by molar-refractivity contribution is 7.99. The van der Waals surface area contributed by atoms with E-state index >= 15 is 0 Å². The number of carbonyl (C=O) groups excluding carboxylic acids is 2. The summed E-state index contributed by atoms with van der Waals surface area (Å²) >= 11 is 13.8. The number of hydrogen-bond donors (Lipinski definition) is 1. The average molecular weight is 467 g/mol. The van der Waals surface area contributed by atoms with Gasteiger partial charge in [-0.05, 0) is 50.1 Å². The number of thioether (sulfide) groups is 1. The number of nitrogens with one attached hydrogen (secondary N) is 1. The van der Waals surface area contributed by atoms with E-state index in [2.05, 4.69) is 29.6 Å². The van der Waals surface area contributed by atoms with Gasteiger partial charge in [-0.3, -0.25) is 9.59 Å². The lowest BCUT2D eigenvalue weighted by Gasteiger charge is -2.29. The number of nitrogens with zero attached hydrogens (tertiary/aromatic N) is 1. The van der Waals surface area contributed by atoms with Crippen molar-refractivity contribution in [3.63, 3.8) is 0 Å². The number of hydrogen-bond acceptors (Lipinski definition) is 3. The molecule has 1 N–H and O–H groups in total. The lowest BCUT2D eigenvalue weighted by molar-refractivity contribution is -0.140. The summed E-state index contributed by atoms with van der Waals surface area (Å²) in [7, 11) is 0. The maximum absolute atomic E-state index is 13.0. The Morgan fingerprint density at radius 3 is 2.43 bits per heavy atom. The Balaban J connectivity index is 2.07. The van der Waals surface area contributed by atoms with Gasteiger partial charge in [-0.2, -0.15) is 0 Å². The zero-order valence-corrected chi connectivity index (χ0v) is 19.9. The minimum atomic E-state index is -0.581. The van der Waals surface area contributed by atoms with Crippen LogP contribution in [-0.4, -0.2) is 35.1 Å². The summed E-state index contributed by atoms with van der Waals surface area (Å²) in [6.07, 6.45) is 1.18. The summed E-state index contributed by atoms with van der Waals surface area (Å²) in [4.78, 5) is 28.3. The van der Waals surface area contributed by atoms with E-state index in [0.29, 0.717) is 35.3 Å². The first-order valence-corrected chi connectivity index (χ1v) is 11.8. The molecule has 0 aromatic heterocycles. The Kier molecular flexibility index (Phi) is 10.0. The predicted molar refractivity (Wildman–Crippen MR) is 126 cm³/mol. The van der Waals surface area contributed by atoms with Crippen LogP contribution in [0.4, 0.5) is 0 Å². The van der Waals surface area contributed by atoms with Crippen LogP contribution in [0.2, 0.25) is 10.0 Å². The molecule has 0 saturated carbocycles. The van der Waals surface area contributed by atoms with Crippen LogP contribution in [0.5, 0.6) is 0 Å². The summed E-state index contributed by atoms with van der Waals surface area (Å²) in [5.41, 5.74) is 2.04. The van der Waals surface area contributed by atoms with Crippen LogP contribution in [0.3, 0.4) is 0 Å². The van der Waals surface area contributed by atoms with E-state index in [-0.39, 0.29) is 11.8 Å². The number of rotatable bonds is 10. The van der Waals surface area contributed by atoms with Crippen LogP contribution in [0.1, 0.15) is 37.8 Å². The molecule has 0 aliphatic carbocycles. The smallest absolute Gasteiger partial charge is 0.242 e. The van der Waals surface area contributed by atoms with Gasteiger partial charge in [-0.15, -0.1) is 11.8 Å². The molecular formula is C23H28Cl2N2O2S. The van der Waals surface area contributed by atoms with Crippen molar-refractivity contribution in [3.05, 3.63) is 63.6 Å². The number of benzene rings is 2. The topological polar surface area (TPSA) is 49.4 Å². The fourth-order valence-electron chi connectivity index (χ4n) is 2.85. The van der Waals surface area contributed by atoms with Crippen molar-refractivity contribution in [2.75, 3.05) is 12.3 Å².